The minimum absolute atomic E-state index is 0.0937. The highest BCUT2D eigenvalue weighted by Gasteiger charge is 2.14. The predicted octanol–water partition coefficient (Wildman–Crippen LogP) is 2.45. The molecular weight excluding hydrogens is 230 g/mol. The maximum atomic E-state index is 5.90. The fraction of sp³-hybridized carbons (Fsp3) is 0.300. The van der Waals surface area contributed by atoms with Gasteiger partial charge in [0.05, 0.1) is 16.1 Å². The van der Waals surface area contributed by atoms with Gasteiger partial charge in [-0.3, -0.25) is 4.68 Å². The van der Waals surface area contributed by atoms with Crippen LogP contribution in [0.4, 0.5) is 0 Å². The molecule has 0 aliphatic carbocycles. The zero-order valence-corrected chi connectivity index (χ0v) is 9.92. The Bertz CT molecular complexity index is 409. The number of aromatic nitrogens is 2. The lowest BCUT2D eigenvalue weighted by Crippen LogP contribution is -2.19. The summed E-state index contributed by atoms with van der Waals surface area (Å²) in [5, 5.41) is 4.37. The van der Waals surface area contributed by atoms with Crippen molar-refractivity contribution in [1.29, 1.82) is 0 Å². The van der Waals surface area contributed by atoms with Crippen molar-refractivity contribution in [2.45, 2.75) is 13.0 Å². The lowest BCUT2D eigenvalue weighted by Gasteiger charge is -2.13. The first-order chi connectivity index (χ1) is 7.20. The molecule has 15 heavy (non-hydrogen) atoms. The van der Waals surface area contributed by atoms with Gasteiger partial charge in [0.1, 0.15) is 0 Å². The molecule has 2 N–H and O–H groups in total. The summed E-state index contributed by atoms with van der Waals surface area (Å²) in [5.41, 5.74) is 6.75. The van der Waals surface area contributed by atoms with E-state index in [1.165, 1.54) is 0 Å². The summed E-state index contributed by atoms with van der Waals surface area (Å²) >= 11 is 7.45. The first-order valence-corrected chi connectivity index (χ1v) is 5.87. The SMILES string of the molecule is Cc1ccn(C(CN)c2ccc(Cl)s2)n1. The molecule has 1 atom stereocenters. The molecule has 0 fully saturated rings. The van der Waals surface area contributed by atoms with E-state index in [1.54, 1.807) is 11.3 Å². The van der Waals surface area contributed by atoms with Crippen LogP contribution in [-0.4, -0.2) is 16.3 Å². The number of nitrogens with two attached hydrogens (primary N) is 1. The maximum Gasteiger partial charge on any atom is 0.0982 e. The third-order valence-corrected chi connectivity index (χ3v) is 3.54. The lowest BCUT2D eigenvalue weighted by molar-refractivity contribution is 0.536. The van der Waals surface area contributed by atoms with E-state index >= 15 is 0 Å². The summed E-state index contributed by atoms with van der Waals surface area (Å²) in [5.74, 6) is 0. The van der Waals surface area contributed by atoms with Gasteiger partial charge in [0.25, 0.3) is 0 Å². The lowest BCUT2D eigenvalue weighted by atomic mass is 10.2. The fourth-order valence-corrected chi connectivity index (χ4v) is 2.64. The average Bonchev–Trinajstić information content (AvgIpc) is 2.78. The summed E-state index contributed by atoms with van der Waals surface area (Å²) in [6.07, 6.45) is 1.94. The number of aryl methyl sites for hydroxylation is 1. The van der Waals surface area contributed by atoms with Gasteiger partial charge in [0.15, 0.2) is 0 Å². The molecule has 1 unspecified atom stereocenters. The molecular formula is C10H12ClN3S. The molecule has 0 aliphatic heterocycles. The zero-order chi connectivity index (χ0) is 10.8. The molecule has 80 valence electrons. The van der Waals surface area contributed by atoms with E-state index in [-0.39, 0.29) is 6.04 Å². The molecule has 0 bridgehead atoms. The van der Waals surface area contributed by atoms with Gasteiger partial charge >= 0.3 is 0 Å². The van der Waals surface area contributed by atoms with E-state index in [9.17, 15) is 0 Å². The minimum atomic E-state index is 0.0937. The standard InChI is InChI=1S/C10H12ClN3S/c1-7-4-5-14(13-7)8(6-12)9-2-3-10(11)15-9/h2-5,8H,6,12H2,1H3. The minimum Gasteiger partial charge on any atom is -0.328 e. The Morgan fingerprint density at radius 2 is 2.33 bits per heavy atom. The van der Waals surface area contributed by atoms with Crippen LogP contribution in [-0.2, 0) is 0 Å². The second-order valence-electron chi connectivity index (χ2n) is 3.33. The number of hydrogen-bond acceptors (Lipinski definition) is 3. The number of rotatable bonds is 3. The van der Waals surface area contributed by atoms with Crippen LogP contribution in [0.25, 0.3) is 0 Å². The van der Waals surface area contributed by atoms with Crippen molar-refractivity contribution in [1.82, 2.24) is 9.78 Å². The molecule has 0 amide bonds. The van der Waals surface area contributed by atoms with Crippen LogP contribution >= 0.6 is 22.9 Å². The molecule has 5 heteroatoms. The zero-order valence-electron chi connectivity index (χ0n) is 8.35. The Labute approximate surface area is 97.5 Å². The molecule has 0 aliphatic rings. The van der Waals surface area contributed by atoms with Crippen molar-refractivity contribution in [3.05, 3.63) is 39.3 Å². The number of nitrogens with zero attached hydrogens (tertiary/aromatic N) is 2. The van der Waals surface area contributed by atoms with Gasteiger partial charge in [0.2, 0.25) is 0 Å². The normalized spacial score (nSPS) is 13.0. The summed E-state index contributed by atoms with van der Waals surface area (Å²) in [6.45, 7) is 2.49. The average molecular weight is 242 g/mol. The van der Waals surface area contributed by atoms with Crippen molar-refractivity contribution >= 4 is 22.9 Å². The summed E-state index contributed by atoms with van der Waals surface area (Å²) in [6, 6.07) is 5.95. The van der Waals surface area contributed by atoms with Crippen LogP contribution in [0.2, 0.25) is 4.34 Å². The Kier molecular flexibility index (Phi) is 3.09. The van der Waals surface area contributed by atoms with E-state index in [4.69, 9.17) is 17.3 Å². The van der Waals surface area contributed by atoms with E-state index in [0.29, 0.717) is 6.54 Å². The fourth-order valence-electron chi connectivity index (χ4n) is 1.47. The van der Waals surface area contributed by atoms with Crippen LogP contribution in [0.5, 0.6) is 0 Å². The first-order valence-electron chi connectivity index (χ1n) is 4.68. The summed E-state index contributed by atoms with van der Waals surface area (Å²) < 4.78 is 2.67. The van der Waals surface area contributed by atoms with Crippen molar-refractivity contribution in [2.24, 2.45) is 5.73 Å². The number of hydrogen-bond donors (Lipinski definition) is 1. The second-order valence-corrected chi connectivity index (χ2v) is 5.08. The molecule has 0 aromatic carbocycles. The van der Waals surface area contributed by atoms with Crippen molar-refractivity contribution < 1.29 is 0 Å². The molecule has 3 nitrogen and oxygen atoms in total. The Morgan fingerprint density at radius 1 is 1.53 bits per heavy atom. The topological polar surface area (TPSA) is 43.8 Å². The first kappa shape index (κ1) is 10.7. The molecule has 2 aromatic rings. The maximum absolute atomic E-state index is 5.90. The molecule has 2 rings (SSSR count). The van der Waals surface area contributed by atoms with Gasteiger partial charge in [-0.25, -0.2) is 0 Å². The smallest absolute Gasteiger partial charge is 0.0982 e. The van der Waals surface area contributed by atoms with Crippen LogP contribution in [0.3, 0.4) is 0 Å². The summed E-state index contributed by atoms with van der Waals surface area (Å²) in [4.78, 5) is 1.14. The predicted molar refractivity (Wildman–Crippen MR) is 63.5 cm³/mol. The van der Waals surface area contributed by atoms with Crippen molar-refractivity contribution in [3.63, 3.8) is 0 Å². The third kappa shape index (κ3) is 2.22. The second kappa shape index (κ2) is 4.35. The van der Waals surface area contributed by atoms with Crippen LogP contribution in [0.15, 0.2) is 24.4 Å². The third-order valence-electron chi connectivity index (χ3n) is 2.21. The van der Waals surface area contributed by atoms with Crippen LogP contribution in [0.1, 0.15) is 16.6 Å². The quantitative estimate of drug-likeness (QED) is 0.897. The largest absolute Gasteiger partial charge is 0.328 e. The Hall–Kier alpha value is -0.840. The van der Waals surface area contributed by atoms with E-state index in [0.717, 1.165) is 14.9 Å². The highest BCUT2D eigenvalue weighted by atomic mass is 35.5. The van der Waals surface area contributed by atoms with Crippen LogP contribution in [0, 0.1) is 6.92 Å². The molecule has 2 heterocycles. The number of halogens is 1. The van der Waals surface area contributed by atoms with E-state index in [1.807, 2.05) is 36.0 Å². The summed E-state index contributed by atoms with van der Waals surface area (Å²) in [7, 11) is 0. The Balaban J connectivity index is 2.32. The van der Waals surface area contributed by atoms with Crippen molar-refractivity contribution in [2.75, 3.05) is 6.54 Å². The van der Waals surface area contributed by atoms with Gasteiger partial charge in [-0.1, -0.05) is 11.6 Å². The molecule has 2 aromatic heterocycles. The molecule has 0 radical (unpaired) electrons. The van der Waals surface area contributed by atoms with Gasteiger partial charge in [0, 0.05) is 17.6 Å². The molecule has 0 saturated carbocycles. The van der Waals surface area contributed by atoms with Gasteiger partial charge in [-0.2, -0.15) is 5.10 Å². The van der Waals surface area contributed by atoms with E-state index < -0.39 is 0 Å². The number of thiophene rings is 1. The highest BCUT2D eigenvalue weighted by molar-refractivity contribution is 7.16. The highest BCUT2D eigenvalue weighted by Crippen LogP contribution is 2.28. The van der Waals surface area contributed by atoms with Crippen molar-refractivity contribution in [3.8, 4) is 0 Å². The Morgan fingerprint density at radius 3 is 2.80 bits per heavy atom. The van der Waals surface area contributed by atoms with Gasteiger partial charge in [-0.15, -0.1) is 11.3 Å². The monoisotopic (exact) mass is 241 g/mol. The van der Waals surface area contributed by atoms with Crippen LogP contribution < -0.4 is 5.73 Å². The molecule has 0 saturated heterocycles. The van der Waals surface area contributed by atoms with Gasteiger partial charge in [-0.05, 0) is 25.1 Å². The van der Waals surface area contributed by atoms with Gasteiger partial charge < -0.3 is 5.73 Å². The van der Waals surface area contributed by atoms with E-state index in [2.05, 4.69) is 5.10 Å². The molecule has 0 spiro atoms.